The number of amides is 1. The predicted octanol–water partition coefficient (Wildman–Crippen LogP) is 2.65. The third-order valence-corrected chi connectivity index (χ3v) is 4.11. The Balaban J connectivity index is 1.97. The van der Waals surface area contributed by atoms with Crippen LogP contribution in [0, 0.1) is 5.92 Å². The van der Waals surface area contributed by atoms with Crippen LogP contribution in [-0.2, 0) is 4.79 Å². The zero-order valence-electron chi connectivity index (χ0n) is 9.40. The van der Waals surface area contributed by atoms with Crippen molar-refractivity contribution in [3.8, 4) is 0 Å². The molecule has 6 heteroatoms. The van der Waals surface area contributed by atoms with Crippen molar-refractivity contribution in [1.29, 1.82) is 0 Å². The molecular weight excluding hydrogens is 321 g/mol. The van der Waals surface area contributed by atoms with Crippen LogP contribution in [0.3, 0.4) is 0 Å². The Kier molecular flexibility index (Phi) is 3.92. The lowest BCUT2D eigenvalue weighted by Gasteiger charge is -2.38. The largest absolute Gasteiger partial charge is 0.481 e. The highest BCUT2D eigenvalue weighted by atomic mass is 79.9. The molecule has 1 heterocycles. The predicted molar refractivity (Wildman–Crippen MR) is 70.8 cm³/mol. The summed E-state index contributed by atoms with van der Waals surface area (Å²) in [7, 11) is 0. The minimum absolute atomic E-state index is 0.0670. The first-order valence-corrected chi connectivity index (χ1v) is 6.60. The van der Waals surface area contributed by atoms with Gasteiger partial charge in [0.2, 0.25) is 0 Å². The van der Waals surface area contributed by atoms with Gasteiger partial charge in [-0.3, -0.25) is 9.59 Å². The maximum absolute atomic E-state index is 12.0. The van der Waals surface area contributed by atoms with Crippen molar-refractivity contribution < 1.29 is 14.7 Å². The third kappa shape index (κ3) is 2.84. The van der Waals surface area contributed by atoms with Gasteiger partial charge >= 0.3 is 5.97 Å². The molecule has 0 atom stereocenters. The number of rotatable bonds is 3. The molecule has 0 bridgehead atoms. The van der Waals surface area contributed by atoms with E-state index in [0.717, 1.165) is 4.47 Å². The molecular formula is C12H11BrClNO3. The van der Waals surface area contributed by atoms with Gasteiger partial charge in [-0.15, -0.1) is 0 Å². The van der Waals surface area contributed by atoms with E-state index in [1.165, 1.54) is 0 Å². The Morgan fingerprint density at radius 1 is 1.44 bits per heavy atom. The zero-order valence-corrected chi connectivity index (χ0v) is 11.7. The molecule has 4 nitrogen and oxygen atoms in total. The van der Waals surface area contributed by atoms with Crippen LogP contribution in [0.15, 0.2) is 22.7 Å². The molecule has 0 radical (unpaired) electrons. The smallest absolute Gasteiger partial charge is 0.303 e. The molecule has 0 saturated carbocycles. The summed E-state index contributed by atoms with van der Waals surface area (Å²) in [5.74, 6) is -0.859. The lowest BCUT2D eigenvalue weighted by molar-refractivity contribution is -0.139. The summed E-state index contributed by atoms with van der Waals surface area (Å²) in [6, 6.07) is 5.03. The molecule has 0 unspecified atom stereocenters. The number of aliphatic carboxylic acids is 1. The molecule has 0 aliphatic carbocycles. The minimum Gasteiger partial charge on any atom is -0.481 e. The Morgan fingerprint density at radius 3 is 2.67 bits per heavy atom. The molecule has 0 spiro atoms. The Morgan fingerprint density at radius 2 is 2.11 bits per heavy atom. The molecule has 1 saturated heterocycles. The molecule has 1 amide bonds. The molecule has 1 aromatic carbocycles. The van der Waals surface area contributed by atoms with Gasteiger partial charge in [-0.25, -0.2) is 0 Å². The number of benzene rings is 1. The normalized spacial score (nSPS) is 15.3. The van der Waals surface area contributed by atoms with E-state index in [9.17, 15) is 9.59 Å². The third-order valence-electron chi connectivity index (χ3n) is 2.87. The van der Waals surface area contributed by atoms with Gasteiger partial charge in [0, 0.05) is 29.0 Å². The van der Waals surface area contributed by atoms with Crippen molar-refractivity contribution in [3.05, 3.63) is 33.3 Å². The molecule has 18 heavy (non-hydrogen) atoms. The first-order chi connectivity index (χ1) is 8.47. The van der Waals surface area contributed by atoms with E-state index in [-0.39, 0.29) is 18.2 Å². The number of carbonyl (C=O) groups is 2. The van der Waals surface area contributed by atoms with Crippen molar-refractivity contribution >= 4 is 39.4 Å². The van der Waals surface area contributed by atoms with Gasteiger partial charge in [-0.2, -0.15) is 0 Å². The highest BCUT2D eigenvalue weighted by Gasteiger charge is 2.32. The zero-order chi connectivity index (χ0) is 13.3. The summed E-state index contributed by atoms with van der Waals surface area (Å²) in [6.07, 6.45) is 0.116. The van der Waals surface area contributed by atoms with E-state index in [0.29, 0.717) is 23.7 Å². The SMILES string of the molecule is O=C(O)CC1CN(C(=O)c2ccc(Br)c(Cl)c2)C1. The van der Waals surface area contributed by atoms with Crippen LogP contribution in [0.5, 0.6) is 0 Å². The van der Waals surface area contributed by atoms with E-state index in [1.54, 1.807) is 23.1 Å². The number of carbonyl (C=O) groups excluding carboxylic acids is 1. The molecule has 1 fully saturated rings. The van der Waals surface area contributed by atoms with Crippen molar-refractivity contribution in [3.63, 3.8) is 0 Å². The summed E-state index contributed by atoms with van der Waals surface area (Å²) >= 11 is 9.19. The maximum Gasteiger partial charge on any atom is 0.303 e. The second-order valence-electron chi connectivity index (χ2n) is 4.30. The molecule has 1 N–H and O–H groups in total. The van der Waals surface area contributed by atoms with Gasteiger partial charge < -0.3 is 10.0 Å². The minimum atomic E-state index is -0.821. The monoisotopic (exact) mass is 331 g/mol. The van der Waals surface area contributed by atoms with Crippen molar-refractivity contribution in [1.82, 2.24) is 4.90 Å². The fraction of sp³-hybridized carbons (Fsp3) is 0.333. The molecule has 1 aliphatic rings. The van der Waals surface area contributed by atoms with E-state index in [4.69, 9.17) is 16.7 Å². The highest BCUT2D eigenvalue weighted by molar-refractivity contribution is 9.10. The van der Waals surface area contributed by atoms with E-state index < -0.39 is 5.97 Å². The number of likely N-dealkylation sites (tertiary alicyclic amines) is 1. The van der Waals surface area contributed by atoms with E-state index >= 15 is 0 Å². The van der Waals surface area contributed by atoms with Gasteiger partial charge in [0.25, 0.3) is 5.91 Å². The molecule has 1 aliphatic heterocycles. The fourth-order valence-electron chi connectivity index (χ4n) is 1.92. The van der Waals surface area contributed by atoms with Crippen LogP contribution in [0.1, 0.15) is 16.8 Å². The number of nitrogens with zero attached hydrogens (tertiary/aromatic N) is 1. The summed E-state index contributed by atoms with van der Waals surface area (Å²) in [6.45, 7) is 0.998. The van der Waals surface area contributed by atoms with Crippen LogP contribution >= 0.6 is 27.5 Å². The standard InChI is InChI=1S/C12H11BrClNO3/c13-9-2-1-8(4-10(9)14)12(18)15-5-7(6-15)3-11(16)17/h1-2,4,7H,3,5-6H2,(H,16,17). The fourth-order valence-corrected chi connectivity index (χ4v) is 2.35. The summed E-state index contributed by atoms with van der Waals surface area (Å²) in [4.78, 5) is 24.2. The van der Waals surface area contributed by atoms with Crippen molar-refractivity contribution in [2.45, 2.75) is 6.42 Å². The average Bonchev–Trinajstić information content (AvgIpc) is 2.25. The highest BCUT2D eigenvalue weighted by Crippen LogP contribution is 2.26. The first-order valence-electron chi connectivity index (χ1n) is 5.43. The Hall–Kier alpha value is -1.07. The van der Waals surface area contributed by atoms with Crippen molar-refractivity contribution in [2.24, 2.45) is 5.92 Å². The molecule has 0 aromatic heterocycles. The Labute approximate surface area is 118 Å². The number of carboxylic acid groups (broad SMARTS) is 1. The number of halogens is 2. The van der Waals surface area contributed by atoms with Gasteiger partial charge in [-0.05, 0) is 34.1 Å². The molecule has 96 valence electrons. The Bertz CT molecular complexity index is 500. The van der Waals surface area contributed by atoms with Gasteiger partial charge in [-0.1, -0.05) is 11.6 Å². The number of hydrogen-bond acceptors (Lipinski definition) is 2. The number of carboxylic acids is 1. The average molecular weight is 333 g/mol. The summed E-state index contributed by atoms with van der Waals surface area (Å²) < 4.78 is 0.744. The summed E-state index contributed by atoms with van der Waals surface area (Å²) in [5, 5.41) is 9.12. The van der Waals surface area contributed by atoms with Crippen LogP contribution in [-0.4, -0.2) is 35.0 Å². The van der Waals surface area contributed by atoms with E-state index in [2.05, 4.69) is 15.9 Å². The first kappa shape index (κ1) is 13.4. The number of hydrogen-bond donors (Lipinski definition) is 1. The lowest BCUT2D eigenvalue weighted by atomic mass is 9.95. The van der Waals surface area contributed by atoms with Gasteiger partial charge in [0.05, 0.1) is 11.4 Å². The van der Waals surface area contributed by atoms with Crippen LogP contribution in [0.4, 0.5) is 0 Å². The summed E-state index contributed by atoms with van der Waals surface area (Å²) in [5.41, 5.74) is 0.525. The van der Waals surface area contributed by atoms with Crippen molar-refractivity contribution in [2.75, 3.05) is 13.1 Å². The van der Waals surface area contributed by atoms with E-state index in [1.807, 2.05) is 0 Å². The van der Waals surface area contributed by atoms with Crippen LogP contribution in [0.25, 0.3) is 0 Å². The maximum atomic E-state index is 12.0. The van der Waals surface area contributed by atoms with Gasteiger partial charge in [0.1, 0.15) is 0 Å². The lowest BCUT2D eigenvalue weighted by Crippen LogP contribution is -2.50. The second-order valence-corrected chi connectivity index (χ2v) is 5.56. The topological polar surface area (TPSA) is 57.6 Å². The van der Waals surface area contributed by atoms with Crippen LogP contribution in [0.2, 0.25) is 5.02 Å². The second kappa shape index (κ2) is 5.28. The molecule has 2 rings (SSSR count). The van der Waals surface area contributed by atoms with Crippen LogP contribution < -0.4 is 0 Å². The molecule has 1 aromatic rings. The van der Waals surface area contributed by atoms with Gasteiger partial charge in [0.15, 0.2) is 0 Å². The quantitative estimate of drug-likeness (QED) is 0.926.